The zero-order chi connectivity index (χ0) is 21.5. The summed E-state index contributed by atoms with van der Waals surface area (Å²) in [6.07, 6.45) is 1.22. The molecule has 0 amide bonds. The second kappa shape index (κ2) is 7.31. The third kappa shape index (κ3) is 3.21. The average molecular weight is 424 g/mol. The van der Waals surface area contributed by atoms with Gasteiger partial charge in [0.25, 0.3) is 5.56 Å². The number of ether oxygens (including phenoxy) is 1. The van der Waals surface area contributed by atoms with Crippen molar-refractivity contribution in [3.05, 3.63) is 71.0 Å². The molecule has 0 spiro atoms. The molecule has 0 aliphatic carbocycles. The van der Waals surface area contributed by atoms with Crippen molar-refractivity contribution in [3.8, 4) is 0 Å². The number of benzene rings is 2. The molecule has 0 fully saturated rings. The van der Waals surface area contributed by atoms with Crippen molar-refractivity contribution < 1.29 is 22.7 Å². The maximum absolute atomic E-state index is 13.5. The standard InChI is InChI=1S/C21H14F2N4O4/c22-21(23)27-14-7-3-2-6-13(14)25-16(27)10-30-17(28)9-26-11-24-18-12-5-1-4-8-15(12)31-19(18)20(26)29/h1-8,11,21H,9-10H2. The Balaban J connectivity index is 1.38. The van der Waals surface area contributed by atoms with E-state index in [2.05, 4.69) is 9.97 Å². The van der Waals surface area contributed by atoms with Crippen LogP contribution in [0, 0.1) is 0 Å². The van der Waals surface area contributed by atoms with E-state index in [0.29, 0.717) is 26.6 Å². The Morgan fingerprint density at radius 2 is 1.90 bits per heavy atom. The maximum atomic E-state index is 13.5. The highest BCUT2D eigenvalue weighted by Gasteiger charge is 2.19. The summed E-state index contributed by atoms with van der Waals surface area (Å²) in [6, 6.07) is 13.5. The summed E-state index contributed by atoms with van der Waals surface area (Å²) in [7, 11) is 0. The second-order valence-electron chi connectivity index (χ2n) is 6.78. The zero-order valence-corrected chi connectivity index (χ0v) is 15.9. The van der Waals surface area contributed by atoms with Gasteiger partial charge >= 0.3 is 12.5 Å². The molecule has 3 heterocycles. The van der Waals surface area contributed by atoms with Crippen LogP contribution in [0.25, 0.3) is 33.1 Å². The van der Waals surface area contributed by atoms with Crippen LogP contribution in [0.4, 0.5) is 8.78 Å². The van der Waals surface area contributed by atoms with E-state index in [9.17, 15) is 18.4 Å². The lowest BCUT2D eigenvalue weighted by molar-refractivity contribution is -0.146. The predicted molar refractivity (Wildman–Crippen MR) is 107 cm³/mol. The summed E-state index contributed by atoms with van der Waals surface area (Å²) in [5, 5.41) is 0.690. The number of fused-ring (bicyclic) bond motifs is 4. The zero-order valence-electron chi connectivity index (χ0n) is 15.9. The highest BCUT2D eigenvalue weighted by atomic mass is 19.3. The summed E-state index contributed by atoms with van der Waals surface area (Å²) in [5.74, 6) is -0.894. The Hall–Kier alpha value is -4.08. The van der Waals surface area contributed by atoms with Crippen molar-refractivity contribution in [2.75, 3.05) is 0 Å². The van der Waals surface area contributed by atoms with Crippen molar-refractivity contribution in [1.29, 1.82) is 0 Å². The fourth-order valence-electron chi connectivity index (χ4n) is 3.47. The number of aromatic nitrogens is 4. The molecule has 0 unspecified atom stereocenters. The van der Waals surface area contributed by atoms with E-state index in [-0.39, 0.29) is 16.9 Å². The van der Waals surface area contributed by atoms with Crippen molar-refractivity contribution in [1.82, 2.24) is 19.1 Å². The van der Waals surface area contributed by atoms with E-state index in [1.807, 2.05) is 0 Å². The predicted octanol–water partition coefficient (Wildman–Crippen LogP) is 3.63. The van der Waals surface area contributed by atoms with Crippen LogP contribution in [0.5, 0.6) is 0 Å². The number of nitrogens with zero attached hydrogens (tertiary/aromatic N) is 4. The lowest BCUT2D eigenvalue weighted by Crippen LogP contribution is -2.25. The van der Waals surface area contributed by atoms with Crippen molar-refractivity contribution >= 4 is 39.1 Å². The minimum absolute atomic E-state index is 0.0241. The van der Waals surface area contributed by atoms with Crippen LogP contribution in [0.1, 0.15) is 12.4 Å². The lowest BCUT2D eigenvalue weighted by Gasteiger charge is -2.09. The molecule has 0 radical (unpaired) electrons. The molecule has 0 saturated heterocycles. The third-order valence-corrected chi connectivity index (χ3v) is 4.88. The molecular weight excluding hydrogens is 410 g/mol. The Labute approximate surface area is 172 Å². The van der Waals surface area contributed by atoms with Gasteiger partial charge < -0.3 is 9.15 Å². The molecule has 31 heavy (non-hydrogen) atoms. The molecule has 0 aliphatic rings. The number of esters is 1. The fraction of sp³-hybridized carbons (Fsp3) is 0.143. The van der Waals surface area contributed by atoms with E-state index in [1.54, 1.807) is 42.5 Å². The van der Waals surface area contributed by atoms with Crippen molar-refractivity contribution in [3.63, 3.8) is 0 Å². The molecule has 10 heteroatoms. The third-order valence-electron chi connectivity index (χ3n) is 4.88. The first-order valence-electron chi connectivity index (χ1n) is 9.29. The molecular formula is C21H14F2N4O4. The number of imidazole rings is 1. The summed E-state index contributed by atoms with van der Waals surface area (Å²) in [4.78, 5) is 33.3. The number of para-hydroxylation sites is 3. The summed E-state index contributed by atoms with van der Waals surface area (Å²) in [5.41, 5.74) is 0.988. The number of carbonyl (C=O) groups excluding carboxylic acids is 1. The van der Waals surface area contributed by atoms with Crippen molar-refractivity contribution in [2.45, 2.75) is 19.7 Å². The van der Waals surface area contributed by atoms with Gasteiger partial charge in [0.2, 0.25) is 5.58 Å². The smallest absolute Gasteiger partial charge is 0.326 e. The number of hydrogen-bond acceptors (Lipinski definition) is 6. The van der Waals surface area contributed by atoms with Gasteiger partial charge in [-0.1, -0.05) is 24.3 Å². The van der Waals surface area contributed by atoms with E-state index in [0.717, 1.165) is 4.57 Å². The molecule has 0 aliphatic heterocycles. The fourth-order valence-corrected chi connectivity index (χ4v) is 3.47. The van der Waals surface area contributed by atoms with E-state index in [4.69, 9.17) is 9.15 Å². The quantitative estimate of drug-likeness (QED) is 0.400. The van der Waals surface area contributed by atoms with Gasteiger partial charge in [0.05, 0.1) is 17.4 Å². The van der Waals surface area contributed by atoms with Crippen LogP contribution in [-0.4, -0.2) is 25.1 Å². The van der Waals surface area contributed by atoms with E-state index in [1.165, 1.54) is 12.4 Å². The molecule has 5 aromatic rings. The minimum Gasteiger partial charge on any atom is -0.456 e. The van der Waals surface area contributed by atoms with E-state index >= 15 is 0 Å². The minimum atomic E-state index is -2.84. The lowest BCUT2D eigenvalue weighted by atomic mass is 10.2. The Morgan fingerprint density at radius 1 is 1.13 bits per heavy atom. The summed E-state index contributed by atoms with van der Waals surface area (Å²) in [6.45, 7) is -3.76. The SMILES string of the molecule is O=C(Cn1cnc2c(oc3ccccc32)c1=O)OCc1nc2ccccc2n1C(F)F. The first-order valence-corrected chi connectivity index (χ1v) is 9.29. The summed E-state index contributed by atoms with van der Waals surface area (Å²) < 4.78 is 39.4. The number of carbonyl (C=O) groups is 1. The molecule has 0 saturated carbocycles. The highest BCUT2D eigenvalue weighted by molar-refractivity contribution is 6.01. The van der Waals surface area contributed by atoms with Crippen LogP contribution in [0.15, 0.2) is 64.1 Å². The first kappa shape index (κ1) is 18.9. The Kier molecular flexibility index (Phi) is 4.46. The number of furan rings is 1. The molecule has 0 N–H and O–H groups in total. The Bertz CT molecular complexity index is 1500. The van der Waals surface area contributed by atoms with Gasteiger partial charge in [-0.3, -0.25) is 18.7 Å². The molecule has 5 rings (SSSR count). The molecule has 2 aromatic carbocycles. The normalized spacial score (nSPS) is 11.7. The highest BCUT2D eigenvalue weighted by Crippen LogP contribution is 2.25. The largest absolute Gasteiger partial charge is 0.456 e. The van der Waals surface area contributed by atoms with E-state index < -0.39 is 31.2 Å². The molecule has 8 nitrogen and oxygen atoms in total. The van der Waals surface area contributed by atoms with Gasteiger partial charge in [0, 0.05) is 5.39 Å². The Morgan fingerprint density at radius 3 is 2.74 bits per heavy atom. The van der Waals surface area contributed by atoms with Gasteiger partial charge in [-0.2, -0.15) is 8.78 Å². The van der Waals surface area contributed by atoms with Crippen LogP contribution in [0.2, 0.25) is 0 Å². The van der Waals surface area contributed by atoms with Gasteiger partial charge in [0.15, 0.2) is 5.82 Å². The number of rotatable bonds is 5. The summed E-state index contributed by atoms with van der Waals surface area (Å²) >= 11 is 0. The molecule has 0 atom stereocenters. The van der Waals surface area contributed by atoms with Crippen LogP contribution in [0.3, 0.4) is 0 Å². The van der Waals surface area contributed by atoms with Gasteiger partial charge in [-0.05, 0) is 24.3 Å². The maximum Gasteiger partial charge on any atom is 0.326 e. The van der Waals surface area contributed by atoms with Crippen LogP contribution >= 0.6 is 0 Å². The first-order chi connectivity index (χ1) is 15.0. The van der Waals surface area contributed by atoms with Gasteiger partial charge in [-0.15, -0.1) is 0 Å². The van der Waals surface area contributed by atoms with Crippen LogP contribution in [-0.2, 0) is 22.7 Å². The average Bonchev–Trinajstić information content (AvgIpc) is 3.33. The second-order valence-corrected chi connectivity index (χ2v) is 6.78. The van der Waals surface area contributed by atoms with Crippen LogP contribution < -0.4 is 5.56 Å². The van der Waals surface area contributed by atoms with Gasteiger partial charge in [-0.25, -0.2) is 9.97 Å². The number of alkyl halides is 2. The molecule has 3 aromatic heterocycles. The van der Waals surface area contributed by atoms with Crippen molar-refractivity contribution in [2.24, 2.45) is 0 Å². The molecule has 156 valence electrons. The number of hydrogen-bond donors (Lipinski definition) is 0. The monoisotopic (exact) mass is 424 g/mol. The molecule has 0 bridgehead atoms. The van der Waals surface area contributed by atoms with Gasteiger partial charge in [0.1, 0.15) is 24.3 Å². The topological polar surface area (TPSA) is 92.2 Å². The number of halogens is 2.